The van der Waals surface area contributed by atoms with E-state index in [0.29, 0.717) is 26.4 Å². The molecular formula is C11H25O7P. The Labute approximate surface area is 114 Å². The summed E-state index contributed by atoms with van der Waals surface area (Å²) in [5.41, 5.74) is 0. The minimum Gasteiger partial charge on any atom is -0.464 e. The molecule has 0 saturated heterocycles. The summed E-state index contributed by atoms with van der Waals surface area (Å²) in [6.07, 6.45) is -0.991. The average molecular weight is 300 g/mol. The van der Waals surface area contributed by atoms with Gasteiger partial charge in [0.05, 0.1) is 26.4 Å². The zero-order valence-corrected chi connectivity index (χ0v) is 13.1. The molecule has 8 heteroatoms. The predicted octanol–water partition coefficient (Wildman–Crippen LogP) is 2.13. The Balaban J connectivity index is 0. The first-order chi connectivity index (χ1) is 8.86. The van der Waals surface area contributed by atoms with Crippen molar-refractivity contribution in [2.45, 2.75) is 40.7 Å². The van der Waals surface area contributed by atoms with Crippen molar-refractivity contribution < 1.29 is 32.8 Å². The van der Waals surface area contributed by atoms with Crippen LogP contribution < -0.4 is 0 Å². The van der Waals surface area contributed by atoms with E-state index in [0.717, 1.165) is 0 Å². The number of phosphoric acid groups is 1. The van der Waals surface area contributed by atoms with Crippen molar-refractivity contribution in [3.8, 4) is 0 Å². The second-order valence-corrected chi connectivity index (χ2v) is 4.80. The number of aliphatic hydroxyl groups excluding tert-OH is 1. The molecule has 0 aliphatic carbocycles. The van der Waals surface area contributed by atoms with Gasteiger partial charge in [0.2, 0.25) is 0 Å². The fourth-order valence-corrected chi connectivity index (χ4v) is 2.02. The number of carbonyl (C=O) groups is 1. The standard InChI is InChI=1S/C6H15O4P.C5H10O3/c1-4-8-11(7,9-5-2)10-6-3;1-3-8-5(7)4(2)6/h4-6H2,1-3H3;4,6H,3H2,1-2H3. The van der Waals surface area contributed by atoms with Gasteiger partial charge in [-0.1, -0.05) is 0 Å². The van der Waals surface area contributed by atoms with Gasteiger partial charge < -0.3 is 9.84 Å². The third-order valence-corrected chi connectivity index (χ3v) is 3.21. The minimum atomic E-state index is -3.22. The van der Waals surface area contributed by atoms with Crippen LogP contribution in [0, 0.1) is 0 Å². The fourth-order valence-electron chi connectivity index (χ4n) is 0.849. The van der Waals surface area contributed by atoms with Gasteiger partial charge in [0.25, 0.3) is 0 Å². The average Bonchev–Trinajstić information content (AvgIpc) is 2.30. The molecule has 1 unspecified atom stereocenters. The number of esters is 1. The number of ether oxygens (including phenoxy) is 1. The van der Waals surface area contributed by atoms with Crippen LogP contribution in [0.15, 0.2) is 0 Å². The molecule has 1 N–H and O–H groups in total. The lowest BCUT2D eigenvalue weighted by molar-refractivity contribution is -0.151. The second kappa shape index (κ2) is 12.6. The molecule has 0 aliphatic heterocycles. The molecule has 19 heavy (non-hydrogen) atoms. The normalized spacial score (nSPS) is 12.3. The zero-order valence-electron chi connectivity index (χ0n) is 12.2. The molecule has 0 aliphatic rings. The third kappa shape index (κ3) is 12.3. The van der Waals surface area contributed by atoms with Gasteiger partial charge in [0, 0.05) is 0 Å². The summed E-state index contributed by atoms with van der Waals surface area (Å²) in [5.74, 6) is -0.562. The highest BCUT2D eigenvalue weighted by molar-refractivity contribution is 7.48. The lowest BCUT2D eigenvalue weighted by Gasteiger charge is -2.14. The maximum absolute atomic E-state index is 11.3. The van der Waals surface area contributed by atoms with E-state index in [-0.39, 0.29) is 0 Å². The Kier molecular flexibility index (Phi) is 13.8. The third-order valence-electron chi connectivity index (χ3n) is 1.49. The summed E-state index contributed by atoms with van der Waals surface area (Å²) in [4.78, 5) is 10.3. The second-order valence-electron chi connectivity index (χ2n) is 3.13. The molecule has 0 bridgehead atoms. The molecule has 0 fully saturated rings. The summed E-state index contributed by atoms with van der Waals surface area (Å²) in [6, 6.07) is 0. The van der Waals surface area contributed by atoms with Crippen LogP contribution in [0.5, 0.6) is 0 Å². The van der Waals surface area contributed by atoms with E-state index in [1.165, 1.54) is 6.92 Å². The van der Waals surface area contributed by atoms with Crippen LogP contribution >= 0.6 is 7.82 Å². The van der Waals surface area contributed by atoms with Crippen molar-refractivity contribution in [1.29, 1.82) is 0 Å². The molecule has 0 saturated carbocycles. The molecule has 0 rings (SSSR count). The van der Waals surface area contributed by atoms with Crippen molar-refractivity contribution in [3.63, 3.8) is 0 Å². The largest absolute Gasteiger partial charge is 0.474 e. The van der Waals surface area contributed by atoms with Crippen LogP contribution in [0.1, 0.15) is 34.6 Å². The zero-order chi connectivity index (χ0) is 15.3. The van der Waals surface area contributed by atoms with Gasteiger partial charge in [-0.15, -0.1) is 0 Å². The monoisotopic (exact) mass is 300 g/mol. The summed E-state index contributed by atoms with van der Waals surface area (Å²) < 4.78 is 30.2. The number of rotatable bonds is 8. The molecule has 0 aromatic rings. The maximum Gasteiger partial charge on any atom is 0.474 e. The number of aliphatic hydroxyl groups is 1. The highest BCUT2D eigenvalue weighted by Crippen LogP contribution is 2.48. The van der Waals surface area contributed by atoms with E-state index >= 15 is 0 Å². The van der Waals surface area contributed by atoms with E-state index in [2.05, 4.69) is 4.74 Å². The van der Waals surface area contributed by atoms with E-state index in [9.17, 15) is 9.36 Å². The van der Waals surface area contributed by atoms with Gasteiger partial charge in [-0.3, -0.25) is 13.6 Å². The van der Waals surface area contributed by atoms with Crippen LogP contribution in [0.2, 0.25) is 0 Å². The molecule has 0 aromatic carbocycles. The van der Waals surface area contributed by atoms with Crippen molar-refractivity contribution in [2.24, 2.45) is 0 Å². The van der Waals surface area contributed by atoms with Gasteiger partial charge in [-0.05, 0) is 34.6 Å². The van der Waals surface area contributed by atoms with Gasteiger partial charge >= 0.3 is 13.8 Å². The summed E-state index contributed by atoms with van der Waals surface area (Å²) in [6.45, 7) is 9.61. The van der Waals surface area contributed by atoms with Crippen molar-refractivity contribution in [2.75, 3.05) is 26.4 Å². The SMILES string of the molecule is CCOC(=O)C(C)O.CCOP(=O)(OCC)OCC. The Morgan fingerprint density at radius 3 is 1.53 bits per heavy atom. The van der Waals surface area contributed by atoms with Crippen molar-refractivity contribution in [3.05, 3.63) is 0 Å². The molecule has 0 radical (unpaired) electrons. The lowest BCUT2D eigenvalue weighted by atomic mass is 10.4. The molecule has 116 valence electrons. The van der Waals surface area contributed by atoms with Crippen LogP contribution in [-0.4, -0.2) is 43.6 Å². The Hall–Kier alpha value is -0.460. The Morgan fingerprint density at radius 1 is 1.00 bits per heavy atom. The number of hydrogen-bond acceptors (Lipinski definition) is 7. The lowest BCUT2D eigenvalue weighted by Crippen LogP contribution is -2.18. The van der Waals surface area contributed by atoms with Gasteiger partial charge in [-0.25, -0.2) is 9.36 Å². The minimum absolute atomic E-state index is 0.323. The van der Waals surface area contributed by atoms with Crippen LogP contribution in [0.3, 0.4) is 0 Å². The predicted molar refractivity (Wildman–Crippen MR) is 70.8 cm³/mol. The number of hydrogen-bond donors (Lipinski definition) is 1. The highest BCUT2D eigenvalue weighted by atomic mass is 31.2. The van der Waals surface area contributed by atoms with Gasteiger partial charge in [0.15, 0.2) is 0 Å². The van der Waals surface area contributed by atoms with Gasteiger partial charge in [-0.2, -0.15) is 0 Å². The van der Waals surface area contributed by atoms with E-state index < -0.39 is 19.9 Å². The topological polar surface area (TPSA) is 91.3 Å². The maximum atomic E-state index is 11.3. The highest BCUT2D eigenvalue weighted by Gasteiger charge is 2.23. The molecular weight excluding hydrogens is 275 g/mol. The molecule has 0 amide bonds. The summed E-state index contributed by atoms with van der Waals surface area (Å²) >= 11 is 0. The summed E-state index contributed by atoms with van der Waals surface area (Å²) in [7, 11) is -3.22. The first-order valence-electron chi connectivity index (χ1n) is 6.25. The Bertz CT molecular complexity index is 244. The molecule has 0 heterocycles. The molecule has 0 spiro atoms. The number of phosphoric ester groups is 1. The molecule has 1 atom stereocenters. The van der Waals surface area contributed by atoms with Crippen molar-refractivity contribution >= 4 is 13.8 Å². The first-order valence-corrected chi connectivity index (χ1v) is 7.71. The van der Waals surface area contributed by atoms with E-state index in [1.54, 1.807) is 27.7 Å². The molecule has 7 nitrogen and oxygen atoms in total. The van der Waals surface area contributed by atoms with Crippen molar-refractivity contribution in [1.82, 2.24) is 0 Å². The first kappa shape index (κ1) is 20.8. The van der Waals surface area contributed by atoms with E-state index in [1.807, 2.05) is 0 Å². The smallest absolute Gasteiger partial charge is 0.464 e. The summed E-state index contributed by atoms with van der Waals surface area (Å²) in [5, 5.41) is 8.48. The number of carbonyl (C=O) groups excluding carboxylic acids is 1. The van der Waals surface area contributed by atoms with Crippen LogP contribution in [0.25, 0.3) is 0 Å². The Morgan fingerprint density at radius 2 is 1.37 bits per heavy atom. The van der Waals surface area contributed by atoms with Crippen LogP contribution in [-0.2, 0) is 27.7 Å². The van der Waals surface area contributed by atoms with Gasteiger partial charge in [0.1, 0.15) is 6.10 Å². The fraction of sp³-hybridized carbons (Fsp3) is 0.909. The quantitative estimate of drug-likeness (QED) is 0.542. The van der Waals surface area contributed by atoms with E-state index in [4.69, 9.17) is 18.7 Å². The van der Waals surface area contributed by atoms with Crippen LogP contribution in [0.4, 0.5) is 0 Å². The molecule has 0 aromatic heterocycles.